The van der Waals surface area contributed by atoms with Gasteiger partial charge < -0.3 is 0 Å². The summed E-state index contributed by atoms with van der Waals surface area (Å²) in [5.74, 6) is -0.510. The van der Waals surface area contributed by atoms with Crippen LogP contribution in [0.25, 0.3) is 0 Å². The van der Waals surface area contributed by atoms with E-state index in [1.165, 1.54) is 13.0 Å². The van der Waals surface area contributed by atoms with Crippen molar-refractivity contribution in [1.82, 2.24) is 9.62 Å². The maximum absolute atomic E-state index is 13.4. The lowest BCUT2D eigenvalue weighted by atomic mass is 10.2. The molecule has 21 heavy (non-hydrogen) atoms. The molecule has 1 atom stereocenters. The van der Waals surface area contributed by atoms with E-state index >= 15 is 0 Å². The molecule has 1 N–H and O–H groups in total. The van der Waals surface area contributed by atoms with Gasteiger partial charge in [0.2, 0.25) is 10.0 Å². The molecule has 4 nitrogen and oxygen atoms in total. The third-order valence-electron chi connectivity index (χ3n) is 3.84. The second-order valence-electron chi connectivity index (χ2n) is 5.48. The van der Waals surface area contributed by atoms with Crippen molar-refractivity contribution in [3.05, 3.63) is 28.5 Å². The van der Waals surface area contributed by atoms with Crippen LogP contribution in [-0.2, 0) is 10.0 Å². The first kappa shape index (κ1) is 16.7. The van der Waals surface area contributed by atoms with Gasteiger partial charge in [0, 0.05) is 12.6 Å². The molecule has 0 aliphatic carbocycles. The molecule has 0 amide bonds. The Balaban J connectivity index is 2.09. The van der Waals surface area contributed by atoms with Gasteiger partial charge >= 0.3 is 0 Å². The third-order valence-corrected chi connectivity index (χ3v) is 5.72. The van der Waals surface area contributed by atoms with Gasteiger partial charge in [0.1, 0.15) is 10.7 Å². The molecule has 2 rings (SSSR count). The van der Waals surface area contributed by atoms with Crippen molar-refractivity contribution in [3.8, 4) is 0 Å². The number of hydrogen-bond donors (Lipinski definition) is 1. The van der Waals surface area contributed by atoms with Crippen LogP contribution >= 0.6 is 11.6 Å². The van der Waals surface area contributed by atoms with Crippen molar-refractivity contribution < 1.29 is 12.8 Å². The molecule has 0 aromatic heterocycles. The summed E-state index contributed by atoms with van der Waals surface area (Å²) in [5, 5.41) is -0.0978. The summed E-state index contributed by atoms with van der Waals surface area (Å²) in [5.41, 5.74) is 0.257. The number of hydrogen-bond acceptors (Lipinski definition) is 3. The van der Waals surface area contributed by atoms with Gasteiger partial charge in [-0.25, -0.2) is 17.5 Å². The highest BCUT2D eigenvalue weighted by atomic mass is 35.5. The number of sulfonamides is 1. The van der Waals surface area contributed by atoms with Crippen LogP contribution < -0.4 is 4.72 Å². The number of benzene rings is 1. The van der Waals surface area contributed by atoms with Crippen LogP contribution in [0.15, 0.2) is 17.0 Å². The fraction of sp³-hybridized carbons (Fsp3) is 0.571. The number of nitrogens with zero attached hydrogens (tertiary/aromatic N) is 1. The van der Waals surface area contributed by atoms with E-state index in [4.69, 9.17) is 11.6 Å². The van der Waals surface area contributed by atoms with Crippen LogP contribution in [0, 0.1) is 12.7 Å². The molecule has 0 saturated carbocycles. The van der Waals surface area contributed by atoms with E-state index in [1.807, 2.05) is 6.92 Å². The van der Waals surface area contributed by atoms with Crippen LogP contribution in [-0.4, -0.2) is 39.0 Å². The highest BCUT2D eigenvalue weighted by Crippen LogP contribution is 2.24. The van der Waals surface area contributed by atoms with Crippen LogP contribution in [0.4, 0.5) is 4.39 Å². The summed E-state index contributed by atoms with van der Waals surface area (Å²) >= 11 is 5.86. The van der Waals surface area contributed by atoms with E-state index in [1.54, 1.807) is 0 Å². The highest BCUT2D eigenvalue weighted by molar-refractivity contribution is 7.89. The van der Waals surface area contributed by atoms with E-state index in [0.717, 1.165) is 32.0 Å². The predicted molar refractivity (Wildman–Crippen MR) is 81.6 cm³/mol. The third kappa shape index (κ3) is 3.94. The van der Waals surface area contributed by atoms with E-state index in [-0.39, 0.29) is 21.5 Å². The monoisotopic (exact) mass is 334 g/mol. The smallest absolute Gasteiger partial charge is 0.242 e. The van der Waals surface area contributed by atoms with E-state index in [2.05, 4.69) is 9.62 Å². The van der Waals surface area contributed by atoms with Crippen molar-refractivity contribution in [3.63, 3.8) is 0 Å². The Morgan fingerprint density at radius 2 is 2.00 bits per heavy atom. The molecular formula is C14H20ClFN2O2S. The SMILES string of the molecule is Cc1cc(S(=O)(=O)NCC(C)N2CCCC2)c(Cl)cc1F. The number of likely N-dealkylation sites (tertiary alicyclic amines) is 1. The summed E-state index contributed by atoms with van der Waals surface area (Å²) in [4.78, 5) is 2.18. The minimum atomic E-state index is -3.73. The molecule has 0 radical (unpaired) electrons. The molecule has 1 unspecified atom stereocenters. The summed E-state index contributed by atoms with van der Waals surface area (Å²) in [7, 11) is -3.73. The lowest BCUT2D eigenvalue weighted by Gasteiger charge is -2.24. The Hall–Kier alpha value is -0.690. The van der Waals surface area contributed by atoms with Crippen LogP contribution in [0.1, 0.15) is 25.3 Å². The fourth-order valence-corrected chi connectivity index (χ4v) is 4.17. The molecule has 1 aliphatic heterocycles. The lowest BCUT2D eigenvalue weighted by Crippen LogP contribution is -2.40. The van der Waals surface area contributed by atoms with Gasteiger partial charge in [0.05, 0.1) is 5.02 Å². The maximum Gasteiger partial charge on any atom is 0.242 e. The predicted octanol–water partition coefficient (Wildman–Crippen LogP) is 2.55. The average molecular weight is 335 g/mol. The number of aryl methyl sites for hydroxylation is 1. The van der Waals surface area contributed by atoms with E-state index in [9.17, 15) is 12.8 Å². The number of halogens is 2. The first-order chi connectivity index (χ1) is 9.81. The molecule has 1 aliphatic rings. The second kappa shape index (κ2) is 6.60. The van der Waals surface area contributed by atoms with Crippen molar-refractivity contribution >= 4 is 21.6 Å². The summed E-state index contributed by atoms with van der Waals surface area (Å²) in [6, 6.07) is 2.43. The van der Waals surface area contributed by atoms with Crippen LogP contribution in [0.3, 0.4) is 0 Å². The standard InChI is InChI=1S/C14H20ClFN2O2S/c1-10-7-14(12(15)8-13(10)16)21(19,20)17-9-11(2)18-5-3-4-6-18/h7-8,11,17H,3-6,9H2,1-2H3. The molecule has 0 bridgehead atoms. The van der Waals surface area contributed by atoms with Gasteiger partial charge in [-0.3, -0.25) is 4.90 Å². The lowest BCUT2D eigenvalue weighted by molar-refractivity contribution is 0.260. The summed E-state index contributed by atoms with van der Waals surface area (Å²) < 4.78 is 40.5. The normalized spacial score (nSPS) is 18.1. The zero-order valence-corrected chi connectivity index (χ0v) is 13.8. The second-order valence-corrected chi connectivity index (χ2v) is 7.62. The highest BCUT2D eigenvalue weighted by Gasteiger charge is 2.23. The Morgan fingerprint density at radius 3 is 2.62 bits per heavy atom. The summed E-state index contributed by atoms with van der Waals surface area (Å²) in [6.45, 7) is 5.82. The van der Waals surface area contributed by atoms with Gasteiger partial charge in [-0.05, 0) is 57.5 Å². The molecule has 118 valence electrons. The first-order valence-corrected chi connectivity index (χ1v) is 8.87. The largest absolute Gasteiger partial charge is 0.299 e. The average Bonchev–Trinajstić information content (AvgIpc) is 2.94. The van der Waals surface area contributed by atoms with Crippen LogP contribution in [0.2, 0.25) is 5.02 Å². The molecule has 1 heterocycles. The quantitative estimate of drug-likeness (QED) is 0.900. The first-order valence-electron chi connectivity index (χ1n) is 7.00. The van der Waals surface area contributed by atoms with Crippen molar-refractivity contribution in [2.24, 2.45) is 0 Å². The minimum Gasteiger partial charge on any atom is -0.299 e. The molecule has 0 spiro atoms. The Bertz CT molecular complexity index is 616. The Morgan fingerprint density at radius 1 is 1.38 bits per heavy atom. The maximum atomic E-state index is 13.4. The van der Waals surface area contributed by atoms with E-state index in [0.29, 0.717) is 6.54 Å². The van der Waals surface area contributed by atoms with Crippen LogP contribution in [0.5, 0.6) is 0 Å². The zero-order chi connectivity index (χ0) is 15.6. The molecular weight excluding hydrogens is 315 g/mol. The molecule has 1 aromatic rings. The van der Waals surface area contributed by atoms with Gasteiger partial charge in [-0.1, -0.05) is 11.6 Å². The topological polar surface area (TPSA) is 49.4 Å². The summed E-state index contributed by atoms with van der Waals surface area (Å²) in [6.07, 6.45) is 2.31. The van der Waals surface area contributed by atoms with Gasteiger partial charge in [-0.2, -0.15) is 0 Å². The molecule has 1 saturated heterocycles. The number of rotatable bonds is 5. The molecule has 7 heteroatoms. The van der Waals surface area contributed by atoms with Crippen molar-refractivity contribution in [2.75, 3.05) is 19.6 Å². The minimum absolute atomic E-state index is 0.0725. The molecule has 1 fully saturated rings. The Labute approximate surface area is 130 Å². The van der Waals surface area contributed by atoms with Gasteiger partial charge in [-0.15, -0.1) is 0 Å². The Kier molecular flexibility index (Phi) is 5.24. The van der Waals surface area contributed by atoms with Gasteiger partial charge in [0.15, 0.2) is 0 Å². The van der Waals surface area contributed by atoms with E-state index < -0.39 is 15.8 Å². The molecule has 1 aromatic carbocycles. The van der Waals surface area contributed by atoms with Crippen molar-refractivity contribution in [1.29, 1.82) is 0 Å². The van der Waals surface area contributed by atoms with Gasteiger partial charge in [0.25, 0.3) is 0 Å². The zero-order valence-electron chi connectivity index (χ0n) is 12.2. The number of nitrogens with one attached hydrogen (secondary N) is 1. The fourth-order valence-electron chi connectivity index (χ4n) is 2.46. The van der Waals surface area contributed by atoms with Crippen molar-refractivity contribution in [2.45, 2.75) is 37.6 Å².